The third-order valence-electron chi connectivity index (χ3n) is 3.37. The molecule has 1 fully saturated rings. The number of aromatic nitrogens is 2. The van der Waals surface area contributed by atoms with Crippen molar-refractivity contribution < 1.29 is 9.66 Å². The number of hydrogen-bond donors (Lipinski definition) is 2. The second kappa shape index (κ2) is 8.44. The number of morpholine rings is 1. The van der Waals surface area contributed by atoms with Crippen LogP contribution >= 0.6 is 0 Å². The molecule has 0 unspecified atom stereocenters. The molecule has 2 heterocycles. The Kier molecular flexibility index (Phi) is 6.28. The molecule has 1 aliphatic heterocycles. The third-order valence-corrected chi connectivity index (χ3v) is 3.37. The van der Waals surface area contributed by atoms with Crippen molar-refractivity contribution in [2.75, 3.05) is 56.6 Å². The molecule has 0 atom stereocenters. The van der Waals surface area contributed by atoms with Crippen molar-refractivity contribution in [2.45, 2.75) is 13.3 Å². The molecular weight excluding hydrogens is 288 g/mol. The van der Waals surface area contributed by atoms with Crippen LogP contribution in [-0.2, 0) is 4.74 Å². The minimum Gasteiger partial charge on any atom is -0.379 e. The summed E-state index contributed by atoms with van der Waals surface area (Å²) in [7, 11) is 0. The number of nitrogens with one attached hydrogen (secondary N) is 2. The Morgan fingerprint density at radius 3 is 2.50 bits per heavy atom. The minimum absolute atomic E-state index is 0.0991. The van der Waals surface area contributed by atoms with Gasteiger partial charge in [0.1, 0.15) is 6.33 Å². The fourth-order valence-corrected chi connectivity index (χ4v) is 2.21. The van der Waals surface area contributed by atoms with Gasteiger partial charge in [-0.25, -0.2) is 9.97 Å². The van der Waals surface area contributed by atoms with Crippen molar-refractivity contribution in [3.05, 3.63) is 16.4 Å². The highest BCUT2D eigenvalue weighted by Crippen LogP contribution is 2.28. The third kappa shape index (κ3) is 4.50. The van der Waals surface area contributed by atoms with E-state index < -0.39 is 4.92 Å². The molecule has 0 spiro atoms. The van der Waals surface area contributed by atoms with Crippen LogP contribution in [0.4, 0.5) is 17.3 Å². The molecule has 9 heteroatoms. The SMILES string of the molecule is CCCNc1ncnc(NCCN2CCOCC2)c1[N+](=O)[O-]. The van der Waals surface area contributed by atoms with E-state index in [-0.39, 0.29) is 17.3 Å². The Bertz CT molecular complexity index is 493. The summed E-state index contributed by atoms with van der Waals surface area (Å²) in [5.41, 5.74) is -0.0991. The fraction of sp³-hybridized carbons (Fsp3) is 0.692. The zero-order valence-corrected chi connectivity index (χ0v) is 12.7. The first-order valence-electron chi connectivity index (χ1n) is 7.49. The Labute approximate surface area is 129 Å². The summed E-state index contributed by atoms with van der Waals surface area (Å²) in [6.45, 7) is 7.24. The van der Waals surface area contributed by atoms with Crippen LogP contribution in [-0.4, -0.2) is 65.7 Å². The van der Waals surface area contributed by atoms with Crippen LogP contribution in [0.25, 0.3) is 0 Å². The van der Waals surface area contributed by atoms with Crippen molar-refractivity contribution in [2.24, 2.45) is 0 Å². The van der Waals surface area contributed by atoms with Crippen LogP contribution in [0.3, 0.4) is 0 Å². The summed E-state index contributed by atoms with van der Waals surface area (Å²) in [4.78, 5) is 21.1. The molecule has 122 valence electrons. The molecule has 1 aromatic rings. The first-order chi connectivity index (χ1) is 10.7. The lowest BCUT2D eigenvalue weighted by atomic mass is 10.3. The van der Waals surface area contributed by atoms with E-state index in [2.05, 4.69) is 25.5 Å². The Hall–Kier alpha value is -2.00. The largest absolute Gasteiger partial charge is 0.379 e. The molecule has 1 saturated heterocycles. The first kappa shape index (κ1) is 16.4. The van der Waals surface area contributed by atoms with Gasteiger partial charge in [-0.2, -0.15) is 0 Å². The fourth-order valence-electron chi connectivity index (χ4n) is 2.21. The predicted octanol–water partition coefficient (Wildman–Crippen LogP) is 0.951. The van der Waals surface area contributed by atoms with Crippen molar-refractivity contribution in [1.29, 1.82) is 0 Å². The number of nitro groups is 1. The molecule has 2 N–H and O–H groups in total. The second-order valence-corrected chi connectivity index (χ2v) is 4.98. The minimum atomic E-state index is -0.449. The van der Waals surface area contributed by atoms with E-state index in [4.69, 9.17) is 4.74 Å². The molecule has 0 bridgehead atoms. The van der Waals surface area contributed by atoms with Crippen LogP contribution in [0.15, 0.2) is 6.33 Å². The highest BCUT2D eigenvalue weighted by atomic mass is 16.6. The molecule has 0 radical (unpaired) electrons. The van der Waals surface area contributed by atoms with Gasteiger partial charge in [0.2, 0.25) is 11.6 Å². The highest BCUT2D eigenvalue weighted by Gasteiger charge is 2.22. The quantitative estimate of drug-likeness (QED) is 0.540. The van der Waals surface area contributed by atoms with Crippen LogP contribution in [0.1, 0.15) is 13.3 Å². The van der Waals surface area contributed by atoms with Gasteiger partial charge in [-0.15, -0.1) is 0 Å². The zero-order valence-electron chi connectivity index (χ0n) is 12.7. The summed E-state index contributed by atoms with van der Waals surface area (Å²) < 4.78 is 5.29. The predicted molar refractivity (Wildman–Crippen MR) is 83.2 cm³/mol. The van der Waals surface area contributed by atoms with Gasteiger partial charge in [0.05, 0.1) is 18.1 Å². The summed E-state index contributed by atoms with van der Waals surface area (Å²) in [5, 5.41) is 17.3. The number of anilines is 2. The highest BCUT2D eigenvalue weighted by molar-refractivity contribution is 5.69. The molecular formula is C13H22N6O3. The van der Waals surface area contributed by atoms with Crippen molar-refractivity contribution in [3.8, 4) is 0 Å². The van der Waals surface area contributed by atoms with E-state index in [1.807, 2.05) is 6.92 Å². The van der Waals surface area contributed by atoms with E-state index in [0.29, 0.717) is 13.1 Å². The molecule has 0 saturated carbocycles. The van der Waals surface area contributed by atoms with Gasteiger partial charge < -0.3 is 15.4 Å². The Balaban J connectivity index is 1.97. The smallest absolute Gasteiger partial charge is 0.353 e. The second-order valence-electron chi connectivity index (χ2n) is 4.98. The van der Waals surface area contributed by atoms with Gasteiger partial charge in [0.15, 0.2) is 0 Å². The maximum Gasteiger partial charge on any atom is 0.353 e. The van der Waals surface area contributed by atoms with Crippen LogP contribution in [0.5, 0.6) is 0 Å². The monoisotopic (exact) mass is 310 g/mol. The lowest BCUT2D eigenvalue weighted by Gasteiger charge is -2.26. The lowest BCUT2D eigenvalue weighted by Crippen LogP contribution is -2.39. The van der Waals surface area contributed by atoms with Crippen LogP contribution in [0, 0.1) is 10.1 Å². The molecule has 9 nitrogen and oxygen atoms in total. The van der Waals surface area contributed by atoms with Crippen LogP contribution in [0.2, 0.25) is 0 Å². The van der Waals surface area contributed by atoms with Crippen molar-refractivity contribution >= 4 is 17.3 Å². The Morgan fingerprint density at radius 2 is 1.91 bits per heavy atom. The topological polar surface area (TPSA) is 105 Å². The maximum absolute atomic E-state index is 11.3. The maximum atomic E-state index is 11.3. The molecule has 22 heavy (non-hydrogen) atoms. The van der Waals surface area contributed by atoms with E-state index in [0.717, 1.165) is 39.3 Å². The summed E-state index contributed by atoms with van der Waals surface area (Å²) in [6, 6.07) is 0. The van der Waals surface area contributed by atoms with E-state index in [1.165, 1.54) is 6.33 Å². The molecule has 0 aromatic carbocycles. The molecule has 0 amide bonds. The van der Waals surface area contributed by atoms with Crippen LogP contribution < -0.4 is 10.6 Å². The normalized spacial score (nSPS) is 15.5. The summed E-state index contributed by atoms with van der Waals surface area (Å²) >= 11 is 0. The van der Waals surface area contributed by atoms with Gasteiger partial charge in [-0.1, -0.05) is 6.92 Å². The average Bonchev–Trinajstić information content (AvgIpc) is 2.53. The Morgan fingerprint density at radius 1 is 1.27 bits per heavy atom. The van der Waals surface area contributed by atoms with E-state index in [9.17, 15) is 10.1 Å². The first-order valence-corrected chi connectivity index (χ1v) is 7.49. The van der Waals surface area contributed by atoms with Crippen molar-refractivity contribution in [1.82, 2.24) is 14.9 Å². The number of rotatable bonds is 8. The molecule has 1 aromatic heterocycles. The molecule has 0 aliphatic carbocycles. The summed E-state index contributed by atoms with van der Waals surface area (Å²) in [5.74, 6) is 0.516. The number of ether oxygens (including phenoxy) is 1. The van der Waals surface area contributed by atoms with E-state index in [1.54, 1.807) is 0 Å². The van der Waals surface area contributed by atoms with Gasteiger partial charge in [0, 0.05) is 32.7 Å². The zero-order chi connectivity index (χ0) is 15.8. The van der Waals surface area contributed by atoms with Gasteiger partial charge in [-0.3, -0.25) is 15.0 Å². The van der Waals surface area contributed by atoms with Gasteiger partial charge >= 0.3 is 5.69 Å². The molecule has 2 rings (SSSR count). The number of nitrogens with zero attached hydrogens (tertiary/aromatic N) is 4. The van der Waals surface area contributed by atoms with Gasteiger partial charge in [-0.05, 0) is 6.42 Å². The number of hydrogen-bond acceptors (Lipinski definition) is 8. The summed E-state index contributed by atoms with van der Waals surface area (Å²) in [6.07, 6.45) is 2.20. The van der Waals surface area contributed by atoms with Gasteiger partial charge in [0.25, 0.3) is 0 Å². The lowest BCUT2D eigenvalue weighted by molar-refractivity contribution is -0.383. The van der Waals surface area contributed by atoms with Crippen molar-refractivity contribution in [3.63, 3.8) is 0 Å². The standard InChI is InChI=1S/C13H22N6O3/c1-2-3-14-12-11(19(20)21)13(17-10-16-12)15-4-5-18-6-8-22-9-7-18/h10H,2-9H2,1H3,(H2,14,15,16,17). The molecule has 1 aliphatic rings. The average molecular weight is 310 g/mol. The van der Waals surface area contributed by atoms with E-state index >= 15 is 0 Å².